The highest BCUT2D eigenvalue weighted by atomic mass is 19.1. The average molecular weight is 341 g/mol. The van der Waals surface area contributed by atoms with E-state index in [1.807, 2.05) is 0 Å². The van der Waals surface area contributed by atoms with Crippen LogP contribution in [0, 0.1) is 11.7 Å². The summed E-state index contributed by atoms with van der Waals surface area (Å²) in [5.41, 5.74) is 8.47. The largest absolute Gasteiger partial charge is 0.326 e. The van der Waals surface area contributed by atoms with Gasteiger partial charge in [0.2, 0.25) is 5.91 Å². The van der Waals surface area contributed by atoms with Crippen molar-refractivity contribution in [1.82, 2.24) is 20.8 Å². The van der Waals surface area contributed by atoms with E-state index in [4.69, 9.17) is 0 Å². The Morgan fingerprint density at radius 1 is 1.08 bits per heavy atom. The summed E-state index contributed by atoms with van der Waals surface area (Å²) in [5, 5.41) is 2.87. The van der Waals surface area contributed by atoms with Gasteiger partial charge >= 0.3 is 5.69 Å². The zero-order valence-corrected chi connectivity index (χ0v) is 13.1. The lowest BCUT2D eigenvalue weighted by Crippen LogP contribution is -2.29. The van der Waals surface area contributed by atoms with Crippen molar-refractivity contribution < 1.29 is 9.18 Å². The third-order valence-electron chi connectivity index (χ3n) is 4.33. The maximum Gasteiger partial charge on any atom is 0.323 e. The van der Waals surface area contributed by atoms with E-state index in [9.17, 15) is 14.0 Å². The van der Waals surface area contributed by atoms with Gasteiger partial charge in [0, 0.05) is 12.2 Å². The molecule has 25 heavy (non-hydrogen) atoms. The van der Waals surface area contributed by atoms with Gasteiger partial charge < -0.3 is 15.3 Å². The van der Waals surface area contributed by atoms with E-state index in [2.05, 4.69) is 26.1 Å². The van der Waals surface area contributed by atoms with E-state index >= 15 is 0 Å². The van der Waals surface area contributed by atoms with Crippen molar-refractivity contribution in [3.05, 3.63) is 64.3 Å². The van der Waals surface area contributed by atoms with Gasteiger partial charge in [-0.15, -0.1) is 0 Å². The van der Waals surface area contributed by atoms with Crippen LogP contribution in [0.2, 0.25) is 0 Å². The Labute approximate surface area is 141 Å². The molecule has 1 aliphatic rings. The van der Waals surface area contributed by atoms with Gasteiger partial charge in [0.05, 0.1) is 23.0 Å². The van der Waals surface area contributed by atoms with Crippen LogP contribution in [0.15, 0.2) is 47.3 Å². The lowest BCUT2D eigenvalue weighted by molar-refractivity contribution is -0.119. The van der Waals surface area contributed by atoms with Gasteiger partial charge in [0.25, 0.3) is 0 Å². The molecule has 0 saturated carbocycles. The van der Waals surface area contributed by atoms with E-state index in [1.165, 1.54) is 12.1 Å². The molecule has 5 N–H and O–H groups in total. The van der Waals surface area contributed by atoms with Crippen molar-refractivity contribution in [1.29, 1.82) is 0 Å². The second-order valence-corrected chi connectivity index (χ2v) is 5.99. The molecule has 1 aliphatic heterocycles. The number of carbonyl (C=O) groups excluding carboxylic acids is 1. The quantitative estimate of drug-likeness (QED) is 0.497. The normalized spacial score (nSPS) is 20.0. The smallest absolute Gasteiger partial charge is 0.323 e. The van der Waals surface area contributed by atoms with Crippen molar-refractivity contribution in [2.75, 3.05) is 11.9 Å². The van der Waals surface area contributed by atoms with Crippen molar-refractivity contribution in [2.45, 2.75) is 6.04 Å². The Bertz CT molecular complexity index is 979. The number of amides is 1. The van der Waals surface area contributed by atoms with Crippen LogP contribution in [0.3, 0.4) is 0 Å². The van der Waals surface area contributed by atoms with Crippen molar-refractivity contribution in [2.24, 2.45) is 5.92 Å². The highest BCUT2D eigenvalue weighted by molar-refractivity contribution is 5.95. The minimum atomic E-state index is -0.355. The Morgan fingerprint density at radius 3 is 2.64 bits per heavy atom. The highest BCUT2D eigenvalue weighted by Crippen LogP contribution is 2.26. The fraction of sp³-hybridized carbons (Fsp3) is 0.176. The van der Waals surface area contributed by atoms with Gasteiger partial charge in [0.15, 0.2) is 0 Å². The van der Waals surface area contributed by atoms with Crippen LogP contribution in [0.5, 0.6) is 0 Å². The Morgan fingerprint density at radius 2 is 1.84 bits per heavy atom. The van der Waals surface area contributed by atoms with E-state index < -0.39 is 0 Å². The van der Waals surface area contributed by atoms with Gasteiger partial charge in [-0.2, -0.15) is 0 Å². The number of fused-ring (bicyclic) bond motifs is 1. The fourth-order valence-electron chi connectivity index (χ4n) is 3.07. The van der Waals surface area contributed by atoms with Crippen LogP contribution in [0.25, 0.3) is 11.0 Å². The molecule has 1 aromatic heterocycles. The van der Waals surface area contributed by atoms with Gasteiger partial charge in [-0.25, -0.2) is 14.6 Å². The molecule has 8 heteroatoms. The number of hydrazine groups is 1. The first kappa shape index (κ1) is 15.6. The number of aromatic nitrogens is 2. The number of anilines is 1. The van der Waals surface area contributed by atoms with Crippen LogP contribution in [0.1, 0.15) is 11.6 Å². The van der Waals surface area contributed by atoms with Gasteiger partial charge in [-0.1, -0.05) is 12.1 Å². The average Bonchev–Trinajstić information content (AvgIpc) is 3.21. The fourth-order valence-corrected chi connectivity index (χ4v) is 3.07. The Kier molecular flexibility index (Phi) is 3.83. The van der Waals surface area contributed by atoms with Crippen LogP contribution in [-0.4, -0.2) is 22.4 Å². The van der Waals surface area contributed by atoms with Crippen LogP contribution >= 0.6 is 0 Å². The monoisotopic (exact) mass is 341 g/mol. The molecule has 3 aromatic rings. The summed E-state index contributed by atoms with van der Waals surface area (Å²) in [6.45, 7) is 0.455. The lowest BCUT2D eigenvalue weighted by atomic mass is 9.94. The summed E-state index contributed by atoms with van der Waals surface area (Å²) in [6.07, 6.45) is 0. The number of benzene rings is 2. The minimum absolute atomic E-state index is 0.163. The number of hydrogen-bond acceptors (Lipinski definition) is 4. The summed E-state index contributed by atoms with van der Waals surface area (Å²) in [5.74, 6) is -0.833. The molecule has 1 saturated heterocycles. The molecule has 2 atom stereocenters. The summed E-state index contributed by atoms with van der Waals surface area (Å²) in [7, 11) is 0. The molecule has 0 bridgehead atoms. The first-order valence-electron chi connectivity index (χ1n) is 7.87. The molecule has 1 amide bonds. The second kappa shape index (κ2) is 6.15. The molecule has 2 heterocycles. The molecule has 7 nitrogen and oxygen atoms in total. The molecular weight excluding hydrogens is 325 g/mol. The van der Waals surface area contributed by atoms with E-state index in [-0.39, 0.29) is 29.4 Å². The topological polar surface area (TPSA) is 102 Å². The summed E-state index contributed by atoms with van der Waals surface area (Å²) in [4.78, 5) is 29.3. The minimum Gasteiger partial charge on any atom is -0.326 e. The Balaban J connectivity index is 1.54. The predicted octanol–water partition coefficient (Wildman–Crippen LogP) is 1.40. The van der Waals surface area contributed by atoms with E-state index in [0.29, 0.717) is 23.3 Å². The van der Waals surface area contributed by atoms with Crippen molar-refractivity contribution >= 4 is 22.6 Å². The molecule has 128 valence electrons. The molecule has 0 aliphatic carbocycles. The van der Waals surface area contributed by atoms with Gasteiger partial charge in [-0.05, 0) is 35.9 Å². The standard InChI is InChI=1S/C17H16FN5O2/c18-10-3-1-9(2-4-10)15-12(8-19-23-15)16(24)20-11-5-6-13-14(7-11)22-17(25)21-13/h1-7,12,15,19,23H,8H2,(H,20,24)(H2,21,22,25). The van der Waals surface area contributed by atoms with Crippen molar-refractivity contribution in [3.63, 3.8) is 0 Å². The van der Waals surface area contributed by atoms with Crippen LogP contribution in [-0.2, 0) is 4.79 Å². The third-order valence-corrected chi connectivity index (χ3v) is 4.33. The summed E-state index contributed by atoms with van der Waals surface area (Å²) >= 11 is 0. The molecule has 4 rings (SSSR count). The highest BCUT2D eigenvalue weighted by Gasteiger charge is 2.34. The lowest BCUT2D eigenvalue weighted by Gasteiger charge is -2.18. The van der Waals surface area contributed by atoms with Gasteiger partial charge in [0.1, 0.15) is 5.82 Å². The van der Waals surface area contributed by atoms with Crippen LogP contribution in [0.4, 0.5) is 10.1 Å². The number of nitrogens with one attached hydrogen (secondary N) is 5. The zero-order chi connectivity index (χ0) is 17.4. The van der Waals surface area contributed by atoms with Gasteiger partial charge in [-0.3, -0.25) is 10.2 Å². The number of imidazole rings is 1. The van der Waals surface area contributed by atoms with E-state index in [0.717, 1.165) is 5.56 Å². The number of rotatable bonds is 3. The molecule has 2 aromatic carbocycles. The molecule has 0 spiro atoms. The molecular formula is C17H16FN5O2. The maximum absolute atomic E-state index is 13.1. The number of carbonyl (C=O) groups is 1. The molecule has 0 radical (unpaired) electrons. The number of hydrogen-bond donors (Lipinski definition) is 5. The maximum atomic E-state index is 13.1. The SMILES string of the molecule is O=C(Nc1ccc2[nH]c(=O)[nH]c2c1)C1CNNC1c1ccc(F)cc1. The molecule has 1 fully saturated rings. The number of halogens is 1. The van der Waals surface area contributed by atoms with E-state index in [1.54, 1.807) is 30.3 Å². The third kappa shape index (κ3) is 3.04. The zero-order valence-electron chi connectivity index (χ0n) is 13.1. The number of H-pyrrole nitrogens is 2. The summed E-state index contributed by atoms with van der Waals surface area (Å²) < 4.78 is 13.1. The second-order valence-electron chi connectivity index (χ2n) is 5.99. The first-order valence-corrected chi connectivity index (χ1v) is 7.87. The number of aromatic amines is 2. The Hall–Kier alpha value is -2.97. The molecule has 2 unspecified atom stereocenters. The van der Waals surface area contributed by atoms with Crippen molar-refractivity contribution in [3.8, 4) is 0 Å². The first-order chi connectivity index (χ1) is 12.1. The van der Waals surface area contributed by atoms with Crippen LogP contribution < -0.4 is 21.9 Å². The predicted molar refractivity (Wildman–Crippen MR) is 91.3 cm³/mol. The summed E-state index contributed by atoms with van der Waals surface area (Å²) in [6, 6.07) is 11.0.